The molecule has 1 nitrogen and oxygen atoms in total. The Bertz CT molecular complexity index is 276. The number of aryl methyl sites for hydroxylation is 1. The number of methoxy groups -OCH3 is 1. The Morgan fingerprint density at radius 2 is 2.07 bits per heavy atom. The van der Waals surface area contributed by atoms with E-state index in [-0.39, 0.29) is 0 Å². The lowest BCUT2D eigenvalue weighted by Gasteiger charge is -2.11. The monoisotopic (exact) mass is 255 g/mol. The van der Waals surface area contributed by atoms with E-state index in [4.69, 9.17) is 4.74 Å². The van der Waals surface area contributed by atoms with Gasteiger partial charge in [-0.1, -0.05) is 28.9 Å². The SMILES string of the molecule is COCC[C](C)c1cc(C)cc(Br)c1. The maximum Gasteiger partial charge on any atom is 0.0470 e. The van der Waals surface area contributed by atoms with E-state index in [1.807, 2.05) is 0 Å². The van der Waals surface area contributed by atoms with Crippen LogP contribution in [-0.4, -0.2) is 13.7 Å². The predicted molar refractivity (Wildman–Crippen MR) is 63.4 cm³/mol. The van der Waals surface area contributed by atoms with Gasteiger partial charge >= 0.3 is 0 Å². The second-order valence-electron chi connectivity index (χ2n) is 3.54. The van der Waals surface area contributed by atoms with Gasteiger partial charge in [0.05, 0.1) is 0 Å². The molecule has 0 saturated carbocycles. The molecular weight excluding hydrogens is 240 g/mol. The van der Waals surface area contributed by atoms with Crippen molar-refractivity contribution in [3.05, 3.63) is 39.7 Å². The van der Waals surface area contributed by atoms with Crippen LogP contribution in [0.4, 0.5) is 0 Å². The van der Waals surface area contributed by atoms with Crippen molar-refractivity contribution in [2.24, 2.45) is 0 Å². The summed E-state index contributed by atoms with van der Waals surface area (Å²) < 4.78 is 6.20. The number of benzene rings is 1. The highest BCUT2D eigenvalue weighted by Gasteiger charge is 2.06. The zero-order valence-electron chi connectivity index (χ0n) is 8.93. The first-order chi connectivity index (χ1) is 6.63. The molecule has 14 heavy (non-hydrogen) atoms. The molecule has 77 valence electrons. The Morgan fingerprint density at radius 1 is 1.36 bits per heavy atom. The molecule has 1 radical (unpaired) electrons. The molecule has 0 heterocycles. The molecule has 0 atom stereocenters. The molecule has 0 fully saturated rings. The zero-order chi connectivity index (χ0) is 10.6. The molecule has 0 aliphatic rings. The summed E-state index contributed by atoms with van der Waals surface area (Å²) in [6, 6.07) is 6.47. The highest BCUT2D eigenvalue weighted by atomic mass is 79.9. The normalized spacial score (nSPS) is 10.9. The highest BCUT2D eigenvalue weighted by Crippen LogP contribution is 2.23. The average molecular weight is 256 g/mol. The molecule has 1 rings (SSSR count). The standard InChI is InChI=1S/C12H16BrO/c1-9-6-11(8-12(13)7-9)10(2)4-5-14-3/h6-8H,4-5H2,1-3H3. The first-order valence-electron chi connectivity index (χ1n) is 4.72. The summed E-state index contributed by atoms with van der Waals surface area (Å²) in [6.45, 7) is 5.05. The number of hydrogen-bond donors (Lipinski definition) is 0. The fraction of sp³-hybridized carbons (Fsp3) is 0.417. The molecule has 0 bridgehead atoms. The summed E-state index contributed by atoms with van der Waals surface area (Å²) in [4.78, 5) is 0. The van der Waals surface area contributed by atoms with Crippen LogP contribution in [0.2, 0.25) is 0 Å². The van der Waals surface area contributed by atoms with Crippen molar-refractivity contribution in [2.75, 3.05) is 13.7 Å². The summed E-state index contributed by atoms with van der Waals surface area (Å²) in [5, 5.41) is 0. The Morgan fingerprint density at radius 3 is 2.64 bits per heavy atom. The molecule has 0 amide bonds. The minimum Gasteiger partial charge on any atom is -0.385 e. The molecule has 0 aromatic heterocycles. The highest BCUT2D eigenvalue weighted by molar-refractivity contribution is 9.10. The summed E-state index contributed by atoms with van der Waals surface area (Å²) >= 11 is 3.50. The van der Waals surface area contributed by atoms with Crippen LogP contribution >= 0.6 is 15.9 Å². The van der Waals surface area contributed by atoms with Crippen molar-refractivity contribution in [1.29, 1.82) is 0 Å². The van der Waals surface area contributed by atoms with Crippen LogP contribution < -0.4 is 0 Å². The third-order valence-corrected chi connectivity index (χ3v) is 2.67. The Hall–Kier alpha value is -0.340. The lowest BCUT2D eigenvalue weighted by Crippen LogP contribution is -2.00. The Kier molecular flexibility index (Phi) is 4.63. The topological polar surface area (TPSA) is 9.23 Å². The molecule has 0 spiro atoms. The second kappa shape index (κ2) is 5.52. The average Bonchev–Trinajstić information content (AvgIpc) is 2.12. The molecule has 0 saturated heterocycles. The van der Waals surface area contributed by atoms with Gasteiger partial charge in [0, 0.05) is 24.1 Å². The van der Waals surface area contributed by atoms with Gasteiger partial charge in [-0.25, -0.2) is 0 Å². The van der Waals surface area contributed by atoms with Gasteiger partial charge in [0.1, 0.15) is 0 Å². The van der Waals surface area contributed by atoms with Crippen LogP contribution in [0.15, 0.2) is 22.7 Å². The van der Waals surface area contributed by atoms with E-state index >= 15 is 0 Å². The number of ether oxygens (including phenoxy) is 1. The first-order valence-corrected chi connectivity index (χ1v) is 5.51. The van der Waals surface area contributed by atoms with Crippen molar-refractivity contribution in [2.45, 2.75) is 20.3 Å². The minimum atomic E-state index is 0.789. The third-order valence-electron chi connectivity index (χ3n) is 2.22. The van der Waals surface area contributed by atoms with Crippen molar-refractivity contribution >= 4 is 15.9 Å². The van der Waals surface area contributed by atoms with Crippen LogP contribution in [0.5, 0.6) is 0 Å². The van der Waals surface area contributed by atoms with E-state index in [0.29, 0.717) is 0 Å². The van der Waals surface area contributed by atoms with Crippen molar-refractivity contribution in [3.8, 4) is 0 Å². The second-order valence-corrected chi connectivity index (χ2v) is 4.46. The van der Waals surface area contributed by atoms with Crippen LogP contribution in [0, 0.1) is 12.8 Å². The first kappa shape index (κ1) is 11.7. The van der Waals surface area contributed by atoms with Crippen molar-refractivity contribution in [3.63, 3.8) is 0 Å². The summed E-state index contributed by atoms with van der Waals surface area (Å²) in [7, 11) is 1.74. The molecule has 1 aromatic carbocycles. The third kappa shape index (κ3) is 3.43. The van der Waals surface area contributed by atoms with E-state index in [2.05, 4.69) is 48.0 Å². The molecule has 1 aromatic rings. The molecule has 2 heteroatoms. The van der Waals surface area contributed by atoms with Crippen LogP contribution in [-0.2, 0) is 4.74 Å². The van der Waals surface area contributed by atoms with Gasteiger partial charge in [-0.15, -0.1) is 0 Å². The molecule has 0 aliphatic heterocycles. The smallest absolute Gasteiger partial charge is 0.0470 e. The van der Waals surface area contributed by atoms with Gasteiger partial charge in [-0.05, 0) is 36.6 Å². The van der Waals surface area contributed by atoms with E-state index in [0.717, 1.165) is 17.5 Å². The number of halogens is 1. The van der Waals surface area contributed by atoms with Gasteiger partial charge in [0.2, 0.25) is 0 Å². The minimum absolute atomic E-state index is 0.789. The Balaban J connectivity index is 2.73. The summed E-state index contributed by atoms with van der Waals surface area (Å²) in [6.07, 6.45) is 0.992. The molecular formula is C12H16BrO. The number of rotatable bonds is 4. The fourth-order valence-corrected chi connectivity index (χ4v) is 1.99. The van der Waals surface area contributed by atoms with Gasteiger partial charge in [0.25, 0.3) is 0 Å². The molecule has 0 unspecified atom stereocenters. The van der Waals surface area contributed by atoms with Crippen LogP contribution in [0.1, 0.15) is 24.5 Å². The van der Waals surface area contributed by atoms with E-state index in [1.165, 1.54) is 17.0 Å². The number of hydrogen-bond acceptors (Lipinski definition) is 1. The molecule has 0 aliphatic carbocycles. The lowest BCUT2D eigenvalue weighted by molar-refractivity contribution is 0.199. The fourth-order valence-electron chi connectivity index (χ4n) is 1.38. The largest absolute Gasteiger partial charge is 0.385 e. The quantitative estimate of drug-likeness (QED) is 0.797. The Labute approximate surface area is 94.6 Å². The van der Waals surface area contributed by atoms with Gasteiger partial charge in [-0.2, -0.15) is 0 Å². The van der Waals surface area contributed by atoms with Crippen molar-refractivity contribution < 1.29 is 4.74 Å². The zero-order valence-corrected chi connectivity index (χ0v) is 10.5. The predicted octanol–water partition coefficient (Wildman–Crippen LogP) is 3.74. The van der Waals surface area contributed by atoms with E-state index in [9.17, 15) is 0 Å². The summed E-state index contributed by atoms with van der Waals surface area (Å²) in [5.41, 5.74) is 2.58. The van der Waals surface area contributed by atoms with Crippen molar-refractivity contribution in [1.82, 2.24) is 0 Å². The van der Waals surface area contributed by atoms with Gasteiger partial charge < -0.3 is 4.74 Å². The van der Waals surface area contributed by atoms with E-state index in [1.54, 1.807) is 7.11 Å². The van der Waals surface area contributed by atoms with Gasteiger partial charge in [-0.3, -0.25) is 0 Å². The van der Waals surface area contributed by atoms with Crippen LogP contribution in [0.25, 0.3) is 0 Å². The van der Waals surface area contributed by atoms with E-state index < -0.39 is 0 Å². The molecule has 0 N–H and O–H groups in total. The summed E-state index contributed by atoms with van der Waals surface area (Å²) in [5.74, 6) is 1.37. The lowest BCUT2D eigenvalue weighted by atomic mass is 9.97. The maximum absolute atomic E-state index is 5.06. The van der Waals surface area contributed by atoms with Gasteiger partial charge in [0.15, 0.2) is 0 Å². The van der Waals surface area contributed by atoms with Crippen LogP contribution in [0.3, 0.4) is 0 Å². The maximum atomic E-state index is 5.06.